The van der Waals surface area contributed by atoms with E-state index in [1.807, 2.05) is 96.4 Å². The molecule has 4 aromatic heterocycles. The van der Waals surface area contributed by atoms with Crippen LogP contribution in [0.2, 0.25) is 10.0 Å². The first kappa shape index (κ1) is 93.9. The van der Waals surface area contributed by atoms with Crippen LogP contribution in [-0.4, -0.2) is 216 Å². The minimum atomic E-state index is -2.66. The molecule has 6 saturated heterocycles. The number of rotatable bonds is 25. The highest BCUT2D eigenvalue weighted by molar-refractivity contribution is 9.10. The zero-order valence-electron chi connectivity index (χ0n) is 77.0. The van der Waals surface area contributed by atoms with Gasteiger partial charge in [0.05, 0.1) is 78.9 Å². The van der Waals surface area contributed by atoms with E-state index in [9.17, 15) is 18.8 Å². The molecule has 6 aliphatic rings. The number of nitrogens with zero attached hydrogens (tertiary/aromatic N) is 12. The van der Waals surface area contributed by atoms with Crippen LogP contribution in [0.1, 0.15) is 76.0 Å². The number of aliphatic hydroxyl groups excluding tert-OH is 1. The number of aryl methyl sites for hydroxylation is 3. The van der Waals surface area contributed by atoms with Crippen molar-refractivity contribution in [1.82, 2.24) is 44.6 Å². The molecule has 0 saturated carbocycles. The van der Waals surface area contributed by atoms with Crippen molar-refractivity contribution >= 4 is 206 Å². The van der Waals surface area contributed by atoms with Gasteiger partial charge in [-0.1, -0.05) is 90.8 Å². The van der Waals surface area contributed by atoms with Crippen molar-refractivity contribution in [2.75, 3.05) is 207 Å². The number of halogens is 3. The SMILES string of the molecule is CCc1cc(Nc2ncc(Br)c(Nc3ccc4ccccc4c3P(C)(C)=O)n2)c(OC)cc1N1CCC2(CC1)CN(C)C2.COc1cc(N2CCC3(CC2)CN(C(C)C)C3)c(C)cc1Nc1ncc(Cl)c(Nc2ccc3sccc3c2P(C)(C)=O)n1.COc1cc(N2CCC3(CC2)CN(CCO)C3)c(C)cc1Nc1ncc(Cl)c(Nc2ccc3ccccc3c2P(C)(C)=O)n1. The van der Waals surface area contributed by atoms with Gasteiger partial charge in [-0.2, -0.15) is 15.0 Å². The molecule has 12 aromatic rings. The van der Waals surface area contributed by atoms with Crippen molar-refractivity contribution in [1.29, 1.82) is 0 Å². The van der Waals surface area contributed by atoms with Gasteiger partial charge in [0.15, 0.2) is 11.6 Å². The van der Waals surface area contributed by atoms with E-state index in [-0.39, 0.29) is 6.61 Å². The number of ether oxygens (including phenoxy) is 3. The van der Waals surface area contributed by atoms with Crippen molar-refractivity contribution in [3.63, 3.8) is 0 Å². The maximum atomic E-state index is 13.5. The number of piperidine rings is 3. The van der Waals surface area contributed by atoms with Gasteiger partial charge in [0.25, 0.3) is 0 Å². The maximum Gasteiger partial charge on any atom is 0.229 e. The summed E-state index contributed by atoms with van der Waals surface area (Å²) < 4.78 is 59.5. The molecule has 18 rings (SSSR count). The normalized spacial score (nSPS) is 16.8. The molecule has 686 valence electrons. The van der Waals surface area contributed by atoms with Gasteiger partial charge in [-0.25, -0.2) is 15.0 Å². The Labute approximate surface area is 786 Å². The number of thiophene rings is 1. The summed E-state index contributed by atoms with van der Waals surface area (Å²) in [5.41, 5.74) is 13.1. The van der Waals surface area contributed by atoms with E-state index in [1.54, 1.807) is 91.2 Å². The molecule has 0 unspecified atom stereocenters. The summed E-state index contributed by atoms with van der Waals surface area (Å²) >= 11 is 18.3. The zero-order chi connectivity index (χ0) is 91.9. The second kappa shape index (κ2) is 38.7. The quantitative estimate of drug-likeness (QED) is 0.0262. The number of fused-ring (bicyclic) bond motifs is 3. The maximum absolute atomic E-state index is 13.5. The Bertz CT molecular complexity index is 6350. The summed E-state index contributed by atoms with van der Waals surface area (Å²) in [7, 11) is -0.627. The third kappa shape index (κ3) is 20.4. The number of aromatic nitrogens is 6. The highest BCUT2D eigenvalue weighted by atomic mass is 79.9. The van der Waals surface area contributed by atoms with Crippen molar-refractivity contribution < 1.29 is 33.0 Å². The monoisotopic (exact) mass is 1930 g/mol. The summed E-state index contributed by atoms with van der Waals surface area (Å²) in [6.07, 6.45) is 13.0. The first-order valence-corrected chi connectivity index (χ1v) is 54.9. The predicted molar refractivity (Wildman–Crippen MR) is 548 cm³/mol. The Balaban J connectivity index is 0.000000143. The molecule has 25 nitrogen and oxygen atoms in total. The molecule has 0 radical (unpaired) electrons. The molecule has 0 aliphatic carbocycles. The molecule has 8 aromatic carbocycles. The molecular formula is C98H120BrCl2N18O7P3S. The minimum absolute atomic E-state index is 0.229. The van der Waals surface area contributed by atoms with Crippen LogP contribution < -0.4 is 76.7 Å². The standard InChI is InChI=1S/C33H40BrN6O2P.C33H40ClN6O3P.C32H40ClN6O2PS/c1-6-22-17-27(29(42-3)18-28(22)40-15-13-33(14-16-40)20-39(2)21-33)37-32-35-19-25(34)31(38-32)36-26-12-11-23-9-7-8-10-24(23)30(26)43(4,5)41;1-22-17-27(29(43-2)18-28(22)40-13-11-33(12-14-40)20-39(21-33)15-16-41)37-32-35-19-25(34)31(38-32)36-26-10-9-23-7-5-6-8-24(23)30(26)44(3,4)42;1-20(2)39-18-32(19-39)10-12-38(13-11-32)26-16-27(41-4)25(15-21(26)3)36-31-34-17-23(33)30(37-31)35-24-7-8-28-22(9-14-43-28)29(24)42(5,6)40/h7-12,17-19H,6,13-16,20-21H2,1-5H3,(H2,35,36,37,38);5-10,17-19,41H,11-16,20-21H2,1-4H3,(H2,35,36,37,38);7-9,14-17,20H,10-13,18-19H2,1-6H3,(H2,34,35,36,37). The predicted octanol–water partition coefficient (Wildman–Crippen LogP) is 21.2. The summed E-state index contributed by atoms with van der Waals surface area (Å²) in [4.78, 5) is 42.4. The lowest BCUT2D eigenvalue weighted by molar-refractivity contribution is -0.0380. The lowest BCUT2D eigenvalue weighted by atomic mass is 9.71. The van der Waals surface area contributed by atoms with Crippen LogP contribution in [0.3, 0.4) is 0 Å². The summed E-state index contributed by atoms with van der Waals surface area (Å²) in [5, 5.41) is 39.5. The lowest BCUT2D eigenvalue weighted by Crippen LogP contribution is -2.62. The molecule has 0 atom stereocenters. The zero-order valence-corrected chi connectivity index (χ0v) is 83.6. The average Bonchev–Trinajstić information content (AvgIpc) is 1.23. The number of nitrogens with one attached hydrogen (secondary N) is 6. The van der Waals surface area contributed by atoms with Gasteiger partial charge < -0.3 is 84.5 Å². The fourth-order valence-corrected chi connectivity index (χ4v) is 25.9. The number of hydrogen-bond donors (Lipinski definition) is 7. The number of hydrogen-bond acceptors (Lipinski definition) is 26. The van der Waals surface area contributed by atoms with Crippen LogP contribution in [0.5, 0.6) is 17.2 Å². The highest BCUT2D eigenvalue weighted by Crippen LogP contribution is 2.51. The molecular weight excluding hydrogens is 1820 g/mol. The molecule has 130 heavy (non-hydrogen) atoms. The Morgan fingerprint density at radius 3 is 1.31 bits per heavy atom. The number of methoxy groups -OCH3 is 3. The molecule has 0 amide bonds. The Hall–Kier alpha value is -9.33. The van der Waals surface area contributed by atoms with Crippen LogP contribution in [0.15, 0.2) is 156 Å². The van der Waals surface area contributed by atoms with Crippen molar-refractivity contribution in [3.05, 3.63) is 183 Å². The number of β-amino-alcohol motifs (C(OH)–C–C–N with tert-alkyl or cyclic N) is 1. The van der Waals surface area contributed by atoms with Crippen LogP contribution in [0.4, 0.5) is 86.5 Å². The summed E-state index contributed by atoms with van der Waals surface area (Å²) in [6.45, 7) is 36.1. The molecule has 32 heteroatoms. The number of likely N-dealkylation sites (tertiary alicyclic amines) is 3. The summed E-state index contributed by atoms with van der Waals surface area (Å²) in [5.74, 6) is 4.79. The van der Waals surface area contributed by atoms with E-state index in [0.29, 0.717) is 83.5 Å². The fourth-order valence-electron chi connectivity index (χ4n) is 20.0. The van der Waals surface area contributed by atoms with Gasteiger partial charge in [0.2, 0.25) is 17.8 Å². The largest absolute Gasteiger partial charge is 0.494 e. The van der Waals surface area contributed by atoms with Gasteiger partial charge in [-0.05, 0) is 244 Å². The van der Waals surface area contributed by atoms with Gasteiger partial charge in [-0.15, -0.1) is 11.3 Å². The van der Waals surface area contributed by atoms with Crippen molar-refractivity contribution in [3.8, 4) is 17.2 Å². The van der Waals surface area contributed by atoms with Crippen molar-refractivity contribution in [2.24, 2.45) is 16.2 Å². The minimum Gasteiger partial charge on any atom is -0.494 e. The van der Waals surface area contributed by atoms with E-state index < -0.39 is 21.4 Å². The molecule has 6 aliphatic heterocycles. The van der Waals surface area contributed by atoms with Gasteiger partial charge in [0.1, 0.15) is 54.5 Å². The Morgan fingerprint density at radius 2 is 0.877 bits per heavy atom. The highest BCUT2D eigenvalue weighted by Gasteiger charge is 2.48. The Kier molecular flexibility index (Phi) is 28.0. The average molecular weight is 1940 g/mol. The first-order valence-electron chi connectivity index (χ1n) is 44.6. The van der Waals surface area contributed by atoms with E-state index in [2.05, 4.69) is 170 Å². The van der Waals surface area contributed by atoms with Crippen LogP contribution in [0.25, 0.3) is 31.6 Å². The lowest BCUT2D eigenvalue weighted by Gasteiger charge is -2.56. The van der Waals surface area contributed by atoms with E-state index >= 15 is 0 Å². The number of anilines is 15. The fraction of sp³-hybridized carbons (Fsp3) is 0.408. The van der Waals surface area contributed by atoms with E-state index in [4.69, 9.17) is 52.4 Å². The van der Waals surface area contributed by atoms with Crippen molar-refractivity contribution in [2.45, 2.75) is 85.6 Å². The van der Waals surface area contributed by atoms with Crippen LogP contribution >= 0.6 is 71.9 Å². The topological polar surface area (TPSA) is 268 Å². The van der Waals surface area contributed by atoms with Crippen LogP contribution in [0, 0.1) is 30.1 Å². The molecule has 7 N–H and O–H groups in total. The smallest absolute Gasteiger partial charge is 0.229 e. The Morgan fingerprint density at radius 1 is 0.485 bits per heavy atom. The molecule has 6 fully saturated rings. The third-order valence-electron chi connectivity index (χ3n) is 26.6. The summed E-state index contributed by atoms with van der Waals surface area (Å²) in [6, 6.07) is 43.2. The third-order valence-corrected chi connectivity index (χ3v) is 33.3. The van der Waals surface area contributed by atoms with E-state index in [0.717, 1.165) is 171 Å². The number of benzene rings is 8. The second-order valence-corrected chi connectivity index (χ2v) is 49.5. The van der Waals surface area contributed by atoms with Gasteiger partial charge >= 0.3 is 0 Å². The molecule has 0 bridgehead atoms. The van der Waals surface area contributed by atoms with Gasteiger partial charge in [-0.3, -0.25) is 9.80 Å². The molecule has 3 spiro atoms. The number of aliphatic hydroxyl groups is 1. The first-order chi connectivity index (χ1) is 62.1. The van der Waals surface area contributed by atoms with Crippen LogP contribution in [-0.2, 0) is 20.1 Å². The van der Waals surface area contributed by atoms with Gasteiger partial charge in [0, 0.05) is 159 Å². The second-order valence-electron chi connectivity index (χ2n) is 37.4. The molecule has 10 heterocycles. The van der Waals surface area contributed by atoms with E-state index in [1.165, 1.54) is 80.1 Å².